The number of aryl methyl sites for hydroxylation is 1. The monoisotopic (exact) mass is 264 g/mol. The van der Waals surface area contributed by atoms with Gasteiger partial charge in [0.05, 0.1) is 0 Å². The van der Waals surface area contributed by atoms with Crippen LogP contribution in [-0.2, 0) is 6.54 Å². The second-order valence-corrected chi connectivity index (χ2v) is 5.21. The van der Waals surface area contributed by atoms with Gasteiger partial charge in [0.25, 0.3) is 5.91 Å². The molecule has 2 aromatic rings. The van der Waals surface area contributed by atoms with Crippen molar-refractivity contribution in [2.45, 2.75) is 33.2 Å². The average molecular weight is 264 g/mol. The van der Waals surface area contributed by atoms with Crippen molar-refractivity contribution in [2.75, 3.05) is 0 Å². The smallest absolute Gasteiger partial charge is 0.291 e. The number of amides is 1. The topological polar surface area (TPSA) is 70.7 Å². The number of H-pyrrole nitrogens is 1. The lowest BCUT2D eigenvalue weighted by molar-refractivity contribution is 0.0941. The second kappa shape index (κ2) is 5.30. The minimum absolute atomic E-state index is 0.201. The molecule has 18 heavy (non-hydrogen) atoms. The predicted molar refractivity (Wildman–Crippen MR) is 70.7 cm³/mol. The van der Waals surface area contributed by atoms with Gasteiger partial charge in [-0.3, -0.25) is 9.89 Å². The lowest BCUT2D eigenvalue weighted by atomic mass is 10.2. The molecule has 0 aliphatic carbocycles. The number of nitrogens with zero attached hydrogens (tertiary/aromatic N) is 2. The minimum atomic E-state index is -0.247. The maximum absolute atomic E-state index is 11.8. The Morgan fingerprint density at radius 2 is 2.28 bits per heavy atom. The maximum atomic E-state index is 11.8. The largest absolute Gasteiger partial charge is 0.345 e. The van der Waals surface area contributed by atoms with Crippen LogP contribution in [0, 0.1) is 6.92 Å². The fourth-order valence-corrected chi connectivity index (χ4v) is 2.31. The zero-order valence-electron chi connectivity index (χ0n) is 10.7. The summed E-state index contributed by atoms with van der Waals surface area (Å²) in [5.74, 6) is 0.917. The predicted octanol–water partition coefficient (Wildman–Crippen LogP) is 2.23. The Morgan fingerprint density at radius 3 is 2.83 bits per heavy atom. The van der Waals surface area contributed by atoms with Crippen LogP contribution in [0.2, 0.25) is 0 Å². The lowest BCUT2D eigenvalue weighted by Gasteiger charge is -2.01. The van der Waals surface area contributed by atoms with Gasteiger partial charge in [-0.05, 0) is 28.8 Å². The van der Waals surface area contributed by atoms with Crippen molar-refractivity contribution >= 4 is 17.2 Å². The number of aromatic amines is 1. The summed E-state index contributed by atoms with van der Waals surface area (Å²) in [6.45, 7) is 6.54. The van der Waals surface area contributed by atoms with Crippen molar-refractivity contribution < 1.29 is 4.79 Å². The van der Waals surface area contributed by atoms with E-state index >= 15 is 0 Å². The highest BCUT2D eigenvalue weighted by Crippen LogP contribution is 2.13. The fourth-order valence-electron chi connectivity index (χ4n) is 1.46. The van der Waals surface area contributed by atoms with Crippen LogP contribution in [-0.4, -0.2) is 21.1 Å². The van der Waals surface area contributed by atoms with Crippen LogP contribution >= 0.6 is 11.3 Å². The van der Waals surface area contributed by atoms with Gasteiger partial charge in [-0.1, -0.05) is 13.8 Å². The number of carbonyl (C=O) groups excluding carboxylic acids is 1. The third kappa shape index (κ3) is 2.76. The van der Waals surface area contributed by atoms with Crippen molar-refractivity contribution in [2.24, 2.45) is 0 Å². The molecule has 0 bridgehead atoms. The highest BCUT2D eigenvalue weighted by atomic mass is 32.1. The van der Waals surface area contributed by atoms with Crippen LogP contribution < -0.4 is 5.32 Å². The molecule has 2 N–H and O–H groups in total. The molecule has 5 nitrogen and oxygen atoms in total. The Morgan fingerprint density at radius 1 is 1.50 bits per heavy atom. The summed E-state index contributed by atoms with van der Waals surface area (Å²) >= 11 is 1.63. The summed E-state index contributed by atoms with van der Waals surface area (Å²) in [6, 6.07) is 0. The summed E-state index contributed by atoms with van der Waals surface area (Å²) in [5.41, 5.74) is 2.33. The zero-order valence-corrected chi connectivity index (χ0v) is 11.5. The first-order chi connectivity index (χ1) is 8.58. The van der Waals surface area contributed by atoms with Crippen LogP contribution in [0.4, 0.5) is 0 Å². The van der Waals surface area contributed by atoms with Crippen LogP contribution in [0.5, 0.6) is 0 Å². The van der Waals surface area contributed by atoms with Crippen molar-refractivity contribution in [3.63, 3.8) is 0 Å². The van der Waals surface area contributed by atoms with Crippen molar-refractivity contribution in [3.8, 4) is 0 Å². The first-order valence-corrected chi connectivity index (χ1v) is 6.74. The van der Waals surface area contributed by atoms with E-state index in [1.54, 1.807) is 11.3 Å². The van der Waals surface area contributed by atoms with Crippen molar-refractivity contribution in [1.82, 2.24) is 20.5 Å². The SMILES string of the molecule is Cc1cscc1CNC(=O)c1n[nH]c(C(C)C)n1. The Hall–Kier alpha value is -1.69. The van der Waals surface area contributed by atoms with Crippen LogP contribution in [0.15, 0.2) is 10.8 Å². The Bertz CT molecular complexity index is 544. The van der Waals surface area contributed by atoms with Gasteiger partial charge in [-0.2, -0.15) is 11.3 Å². The zero-order chi connectivity index (χ0) is 13.1. The molecule has 0 saturated carbocycles. The number of hydrogen-bond acceptors (Lipinski definition) is 4. The molecule has 0 saturated heterocycles. The number of nitrogens with one attached hydrogen (secondary N) is 2. The van der Waals surface area contributed by atoms with Crippen molar-refractivity contribution in [3.05, 3.63) is 33.5 Å². The van der Waals surface area contributed by atoms with Gasteiger partial charge in [0, 0.05) is 12.5 Å². The van der Waals surface area contributed by atoms with Crippen molar-refractivity contribution in [1.29, 1.82) is 0 Å². The molecule has 0 spiro atoms. The Kier molecular flexibility index (Phi) is 3.76. The number of thiophene rings is 1. The summed E-state index contributed by atoms with van der Waals surface area (Å²) < 4.78 is 0. The molecule has 0 aromatic carbocycles. The van der Waals surface area contributed by atoms with Gasteiger partial charge >= 0.3 is 0 Å². The highest BCUT2D eigenvalue weighted by molar-refractivity contribution is 7.08. The highest BCUT2D eigenvalue weighted by Gasteiger charge is 2.13. The summed E-state index contributed by atoms with van der Waals surface area (Å²) in [4.78, 5) is 16.0. The summed E-state index contributed by atoms with van der Waals surface area (Å²) in [7, 11) is 0. The molecular formula is C12H16N4OS. The number of rotatable bonds is 4. The maximum Gasteiger partial charge on any atom is 0.291 e. The van der Waals surface area contributed by atoms with E-state index < -0.39 is 0 Å². The molecule has 96 valence electrons. The summed E-state index contributed by atoms with van der Waals surface area (Å²) in [6.07, 6.45) is 0. The molecule has 0 radical (unpaired) electrons. The lowest BCUT2D eigenvalue weighted by Crippen LogP contribution is -2.24. The molecule has 2 aromatic heterocycles. The molecule has 0 aliphatic heterocycles. The van der Waals surface area contributed by atoms with E-state index in [9.17, 15) is 4.79 Å². The average Bonchev–Trinajstić information content (AvgIpc) is 2.94. The standard InChI is InChI=1S/C12H16N4OS/c1-7(2)10-14-11(16-15-10)12(17)13-4-9-6-18-5-8(9)3/h5-7H,4H2,1-3H3,(H,13,17)(H,14,15,16). The minimum Gasteiger partial charge on any atom is -0.345 e. The van der Waals surface area contributed by atoms with Crippen LogP contribution in [0.3, 0.4) is 0 Å². The van der Waals surface area contributed by atoms with E-state index in [2.05, 4.69) is 25.9 Å². The molecule has 0 aliphatic rings. The molecule has 0 unspecified atom stereocenters. The first-order valence-electron chi connectivity index (χ1n) is 5.80. The molecule has 2 rings (SSSR count). The third-order valence-electron chi connectivity index (χ3n) is 2.65. The molecule has 0 fully saturated rings. The van der Waals surface area contributed by atoms with E-state index in [0.29, 0.717) is 6.54 Å². The number of carbonyl (C=O) groups is 1. The van der Waals surface area contributed by atoms with Gasteiger partial charge in [-0.15, -0.1) is 5.10 Å². The van der Waals surface area contributed by atoms with E-state index in [4.69, 9.17) is 0 Å². The number of aromatic nitrogens is 3. The number of hydrogen-bond donors (Lipinski definition) is 2. The molecular weight excluding hydrogens is 248 g/mol. The first kappa shape index (κ1) is 12.8. The Labute approximate surface area is 110 Å². The van der Waals surface area contributed by atoms with Gasteiger partial charge in [0.15, 0.2) is 0 Å². The van der Waals surface area contributed by atoms with Gasteiger partial charge in [-0.25, -0.2) is 4.98 Å². The summed E-state index contributed by atoms with van der Waals surface area (Å²) in [5, 5.41) is 13.6. The van der Waals surface area contributed by atoms with Gasteiger partial charge in [0.1, 0.15) is 5.82 Å². The van der Waals surface area contributed by atoms with E-state index in [0.717, 1.165) is 11.4 Å². The molecule has 2 heterocycles. The third-order valence-corrected chi connectivity index (χ3v) is 3.56. The molecule has 0 atom stereocenters. The second-order valence-electron chi connectivity index (χ2n) is 4.46. The molecule has 1 amide bonds. The van der Waals surface area contributed by atoms with Gasteiger partial charge in [0.2, 0.25) is 5.82 Å². The van der Waals surface area contributed by atoms with Gasteiger partial charge < -0.3 is 5.32 Å². The van der Waals surface area contributed by atoms with E-state index in [1.807, 2.05) is 26.2 Å². The molecule has 6 heteroatoms. The fraction of sp³-hybridized carbons (Fsp3) is 0.417. The van der Waals surface area contributed by atoms with Crippen LogP contribution in [0.25, 0.3) is 0 Å². The quantitative estimate of drug-likeness (QED) is 0.889. The van der Waals surface area contributed by atoms with E-state index in [-0.39, 0.29) is 17.6 Å². The Balaban J connectivity index is 1.97. The normalized spacial score (nSPS) is 10.9. The van der Waals surface area contributed by atoms with Crippen LogP contribution in [0.1, 0.15) is 47.3 Å². The van der Waals surface area contributed by atoms with E-state index in [1.165, 1.54) is 5.56 Å².